The number of nitrogens with one attached hydrogen (secondary N) is 3. The second kappa shape index (κ2) is 11.2. The fourth-order valence-corrected chi connectivity index (χ4v) is 4.32. The molecule has 0 bridgehead atoms. The number of anilines is 1. The minimum atomic E-state index is -3.77. The van der Waals surface area contributed by atoms with Crippen molar-refractivity contribution in [2.45, 2.75) is 37.8 Å². The van der Waals surface area contributed by atoms with E-state index in [-0.39, 0.29) is 22.9 Å². The average Bonchev–Trinajstić information content (AvgIpc) is 3.22. The number of hydrogen-bond acceptors (Lipinski definition) is 5. The molecule has 0 aliphatic rings. The lowest BCUT2D eigenvalue weighted by Gasteiger charge is -2.20. The summed E-state index contributed by atoms with van der Waals surface area (Å²) < 4.78 is 42.4. The molecule has 0 fully saturated rings. The van der Waals surface area contributed by atoms with E-state index in [0.29, 0.717) is 17.8 Å². The molecule has 35 heavy (non-hydrogen) atoms. The summed E-state index contributed by atoms with van der Waals surface area (Å²) in [4.78, 5) is 25.5. The highest BCUT2D eigenvalue weighted by Gasteiger charge is 2.23. The van der Waals surface area contributed by atoms with Crippen molar-refractivity contribution in [3.05, 3.63) is 77.9 Å². The van der Waals surface area contributed by atoms with Gasteiger partial charge in [0.15, 0.2) is 0 Å². The van der Waals surface area contributed by atoms with Crippen molar-refractivity contribution in [2.24, 2.45) is 13.0 Å². The number of halogens is 1. The van der Waals surface area contributed by atoms with Gasteiger partial charge >= 0.3 is 0 Å². The number of aromatic nitrogens is 2. The summed E-state index contributed by atoms with van der Waals surface area (Å²) in [6, 6.07) is 11.6. The van der Waals surface area contributed by atoms with Gasteiger partial charge in [-0.25, -0.2) is 17.5 Å². The maximum atomic E-state index is 13.1. The molecule has 0 aliphatic heterocycles. The first-order chi connectivity index (χ1) is 16.5. The Kier molecular flexibility index (Phi) is 8.36. The number of carbonyl (C=O) groups is 2. The van der Waals surface area contributed by atoms with Crippen molar-refractivity contribution in [3.8, 4) is 0 Å². The van der Waals surface area contributed by atoms with Gasteiger partial charge in [-0.05, 0) is 66.9 Å². The third-order valence-electron chi connectivity index (χ3n) is 5.23. The van der Waals surface area contributed by atoms with Gasteiger partial charge in [0.1, 0.15) is 11.9 Å². The Morgan fingerprint density at radius 1 is 1.03 bits per heavy atom. The molecule has 1 aromatic heterocycles. The van der Waals surface area contributed by atoms with Crippen LogP contribution in [0.2, 0.25) is 0 Å². The lowest BCUT2D eigenvalue weighted by atomic mass is 10.0. The van der Waals surface area contributed by atoms with Crippen molar-refractivity contribution >= 4 is 27.5 Å². The van der Waals surface area contributed by atoms with Crippen LogP contribution in [0, 0.1) is 11.7 Å². The van der Waals surface area contributed by atoms with Gasteiger partial charge in [0.25, 0.3) is 5.91 Å². The molecular weight excluding hydrogens is 473 g/mol. The summed E-state index contributed by atoms with van der Waals surface area (Å²) >= 11 is 0. The molecule has 2 amide bonds. The van der Waals surface area contributed by atoms with Gasteiger partial charge in [-0.3, -0.25) is 14.3 Å². The van der Waals surface area contributed by atoms with Crippen molar-refractivity contribution in [1.82, 2.24) is 19.8 Å². The Hall–Kier alpha value is -3.57. The van der Waals surface area contributed by atoms with Crippen LogP contribution < -0.4 is 15.4 Å². The maximum Gasteiger partial charge on any atom is 0.251 e. The number of hydrogen-bond donors (Lipinski definition) is 3. The Balaban J connectivity index is 1.65. The summed E-state index contributed by atoms with van der Waals surface area (Å²) in [5.41, 5.74) is 1.32. The average molecular weight is 502 g/mol. The van der Waals surface area contributed by atoms with E-state index in [1.165, 1.54) is 48.5 Å². The van der Waals surface area contributed by atoms with E-state index in [0.717, 1.165) is 0 Å². The van der Waals surface area contributed by atoms with Crippen LogP contribution in [0.15, 0.2) is 65.7 Å². The molecule has 186 valence electrons. The topological polar surface area (TPSA) is 122 Å². The van der Waals surface area contributed by atoms with E-state index >= 15 is 0 Å². The van der Waals surface area contributed by atoms with Gasteiger partial charge in [0.2, 0.25) is 15.9 Å². The van der Waals surface area contributed by atoms with Crippen molar-refractivity contribution in [1.29, 1.82) is 0 Å². The first kappa shape index (κ1) is 26.0. The number of aryl methyl sites for hydroxylation is 1. The number of sulfonamides is 1. The first-order valence-electron chi connectivity index (χ1n) is 11.0. The zero-order valence-electron chi connectivity index (χ0n) is 19.7. The quantitative estimate of drug-likeness (QED) is 0.394. The SMILES string of the molecule is CC(C)C[C@H](NC(=O)c1ccc(F)cc1)C(=O)Nc1ccc(S(=O)(=O)NCc2ccnn2C)cc1. The third-order valence-corrected chi connectivity index (χ3v) is 6.65. The fraction of sp³-hybridized carbons (Fsp3) is 0.292. The number of benzene rings is 2. The highest BCUT2D eigenvalue weighted by molar-refractivity contribution is 7.89. The lowest BCUT2D eigenvalue weighted by molar-refractivity contribution is -0.118. The summed E-state index contributed by atoms with van der Waals surface area (Å²) in [5, 5.41) is 9.40. The molecule has 0 spiro atoms. The molecule has 11 heteroatoms. The number of amides is 2. The van der Waals surface area contributed by atoms with Crippen LogP contribution in [-0.2, 0) is 28.4 Å². The van der Waals surface area contributed by atoms with Gasteiger partial charge in [-0.1, -0.05) is 13.8 Å². The molecule has 0 aliphatic carbocycles. The van der Waals surface area contributed by atoms with Crippen LogP contribution in [0.25, 0.3) is 0 Å². The predicted molar refractivity (Wildman–Crippen MR) is 129 cm³/mol. The number of rotatable bonds is 10. The molecule has 3 rings (SSSR count). The molecule has 0 unspecified atom stereocenters. The van der Waals surface area contributed by atoms with Gasteiger partial charge in [0.05, 0.1) is 17.1 Å². The second-order valence-corrected chi connectivity index (χ2v) is 10.2. The van der Waals surface area contributed by atoms with E-state index in [4.69, 9.17) is 0 Å². The van der Waals surface area contributed by atoms with E-state index in [1.54, 1.807) is 24.0 Å². The molecular formula is C24H28FN5O4S. The fourth-order valence-electron chi connectivity index (χ4n) is 3.32. The normalized spacial score (nSPS) is 12.4. The zero-order chi connectivity index (χ0) is 25.6. The summed E-state index contributed by atoms with van der Waals surface area (Å²) in [5.74, 6) is -1.29. The molecule has 0 radical (unpaired) electrons. The van der Waals surface area contributed by atoms with Crippen molar-refractivity contribution < 1.29 is 22.4 Å². The van der Waals surface area contributed by atoms with E-state index in [9.17, 15) is 22.4 Å². The van der Waals surface area contributed by atoms with E-state index < -0.39 is 33.7 Å². The van der Waals surface area contributed by atoms with Crippen LogP contribution in [0.1, 0.15) is 36.3 Å². The summed E-state index contributed by atoms with van der Waals surface area (Å²) in [6.45, 7) is 3.92. The largest absolute Gasteiger partial charge is 0.340 e. The highest BCUT2D eigenvalue weighted by Crippen LogP contribution is 2.16. The molecule has 1 heterocycles. The molecule has 3 aromatic rings. The van der Waals surface area contributed by atoms with Crippen LogP contribution >= 0.6 is 0 Å². The van der Waals surface area contributed by atoms with Gasteiger partial charge in [-0.2, -0.15) is 5.10 Å². The zero-order valence-corrected chi connectivity index (χ0v) is 20.5. The Morgan fingerprint density at radius 2 is 1.69 bits per heavy atom. The highest BCUT2D eigenvalue weighted by atomic mass is 32.2. The van der Waals surface area contributed by atoms with Crippen molar-refractivity contribution in [2.75, 3.05) is 5.32 Å². The van der Waals surface area contributed by atoms with E-state index in [1.807, 2.05) is 13.8 Å². The summed E-state index contributed by atoms with van der Waals surface area (Å²) in [6.07, 6.45) is 1.96. The van der Waals surface area contributed by atoms with E-state index in [2.05, 4.69) is 20.5 Å². The standard InChI is InChI=1S/C24H28FN5O4S/c1-16(2)14-22(29-23(31)17-4-6-18(25)7-5-17)24(32)28-19-8-10-21(11-9-19)35(33,34)27-15-20-12-13-26-30(20)3/h4-13,16,22,27H,14-15H2,1-3H3,(H,28,32)(H,29,31)/t22-/m0/s1. The molecule has 9 nitrogen and oxygen atoms in total. The minimum absolute atomic E-state index is 0.0426. The predicted octanol–water partition coefficient (Wildman–Crippen LogP) is 2.82. The molecule has 1 atom stereocenters. The van der Waals surface area contributed by atoms with Crippen molar-refractivity contribution in [3.63, 3.8) is 0 Å². The van der Waals surface area contributed by atoms with Gasteiger partial charge < -0.3 is 10.6 Å². The smallest absolute Gasteiger partial charge is 0.251 e. The third kappa shape index (κ3) is 7.20. The first-order valence-corrected chi connectivity index (χ1v) is 12.5. The number of nitrogens with zero attached hydrogens (tertiary/aromatic N) is 2. The molecule has 0 saturated heterocycles. The number of carbonyl (C=O) groups excluding carboxylic acids is 2. The van der Waals surface area contributed by atoms with Gasteiger partial charge in [0, 0.05) is 24.5 Å². The summed E-state index contributed by atoms with van der Waals surface area (Å²) in [7, 11) is -2.05. The van der Waals surface area contributed by atoms with Crippen LogP contribution in [0.3, 0.4) is 0 Å². The second-order valence-electron chi connectivity index (χ2n) is 8.45. The van der Waals surface area contributed by atoms with Crippen LogP contribution in [0.4, 0.5) is 10.1 Å². The maximum absolute atomic E-state index is 13.1. The Labute approximate surface area is 203 Å². The van der Waals surface area contributed by atoms with Crippen LogP contribution in [0.5, 0.6) is 0 Å². The van der Waals surface area contributed by atoms with Gasteiger partial charge in [-0.15, -0.1) is 0 Å². The molecule has 2 aromatic carbocycles. The lowest BCUT2D eigenvalue weighted by Crippen LogP contribution is -2.44. The molecule has 0 saturated carbocycles. The Bertz CT molecular complexity index is 1270. The van der Waals surface area contributed by atoms with Crippen LogP contribution in [-0.4, -0.2) is 36.1 Å². The monoisotopic (exact) mass is 501 g/mol. The Morgan fingerprint density at radius 3 is 2.26 bits per heavy atom. The minimum Gasteiger partial charge on any atom is -0.340 e. The molecule has 3 N–H and O–H groups in total.